The Hall–Kier alpha value is -2.63. The number of halogens is 2. The molecule has 106 valence electrons. The highest BCUT2D eigenvalue weighted by atomic mass is 19.2. The lowest BCUT2D eigenvalue weighted by Gasteiger charge is -2.25. The number of imidazole rings is 1. The van der Waals surface area contributed by atoms with Gasteiger partial charge in [0.25, 0.3) is 0 Å². The zero-order valence-corrected chi connectivity index (χ0v) is 10.9. The normalized spacial score (nSPS) is 17.1. The number of benzene rings is 2. The fourth-order valence-corrected chi connectivity index (χ4v) is 2.44. The molecule has 1 aromatic heterocycles. The van der Waals surface area contributed by atoms with Gasteiger partial charge in [0.05, 0.1) is 23.3 Å². The van der Waals surface area contributed by atoms with Gasteiger partial charge in [-0.3, -0.25) is 0 Å². The molecule has 1 aliphatic heterocycles. The standard InChI is InChI=1S/C15H11F2N3O/c16-8-5-11-12(6-9(8)17)20-15(19-11)14-7-18-10-3-1-2-4-13(10)21-14/h1-6,14,18H,7H2,(H,19,20). The van der Waals surface area contributed by atoms with Crippen LogP contribution in [0.3, 0.4) is 0 Å². The van der Waals surface area contributed by atoms with Crippen molar-refractivity contribution in [3.05, 3.63) is 53.9 Å². The number of aromatic amines is 1. The quantitative estimate of drug-likeness (QED) is 0.721. The molecule has 6 heteroatoms. The molecule has 4 rings (SSSR count). The summed E-state index contributed by atoms with van der Waals surface area (Å²) >= 11 is 0. The predicted octanol–water partition coefficient (Wildman–Crippen LogP) is 3.39. The first-order chi connectivity index (χ1) is 10.2. The van der Waals surface area contributed by atoms with Gasteiger partial charge in [0.1, 0.15) is 11.6 Å². The Morgan fingerprint density at radius 2 is 1.95 bits per heavy atom. The lowest BCUT2D eigenvalue weighted by Crippen LogP contribution is -2.24. The Balaban J connectivity index is 1.71. The molecule has 0 fully saturated rings. The van der Waals surface area contributed by atoms with Crippen LogP contribution in [0.25, 0.3) is 11.0 Å². The summed E-state index contributed by atoms with van der Waals surface area (Å²) in [6.07, 6.45) is -0.335. The second-order valence-electron chi connectivity index (χ2n) is 4.89. The largest absolute Gasteiger partial charge is 0.478 e. The number of anilines is 1. The maximum Gasteiger partial charge on any atom is 0.173 e. The van der Waals surface area contributed by atoms with Crippen LogP contribution in [0.4, 0.5) is 14.5 Å². The van der Waals surface area contributed by atoms with Gasteiger partial charge in [-0.1, -0.05) is 12.1 Å². The van der Waals surface area contributed by atoms with Crippen molar-refractivity contribution in [3.63, 3.8) is 0 Å². The van der Waals surface area contributed by atoms with Gasteiger partial charge < -0.3 is 15.0 Å². The van der Waals surface area contributed by atoms with E-state index in [1.807, 2.05) is 24.3 Å². The summed E-state index contributed by atoms with van der Waals surface area (Å²) in [6, 6.07) is 9.76. The number of aromatic nitrogens is 2. The van der Waals surface area contributed by atoms with Crippen LogP contribution in [-0.2, 0) is 0 Å². The molecule has 2 heterocycles. The average Bonchev–Trinajstić information content (AvgIpc) is 2.90. The monoisotopic (exact) mass is 287 g/mol. The Kier molecular flexibility index (Phi) is 2.57. The predicted molar refractivity (Wildman–Crippen MR) is 74.3 cm³/mol. The van der Waals surface area contributed by atoms with Gasteiger partial charge in [-0.2, -0.15) is 0 Å². The molecule has 21 heavy (non-hydrogen) atoms. The van der Waals surface area contributed by atoms with E-state index in [9.17, 15) is 8.78 Å². The van der Waals surface area contributed by atoms with E-state index in [-0.39, 0.29) is 6.10 Å². The second-order valence-corrected chi connectivity index (χ2v) is 4.89. The summed E-state index contributed by atoms with van der Waals surface area (Å²) in [5.41, 5.74) is 1.75. The van der Waals surface area contributed by atoms with Crippen LogP contribution in [-0.4, -0.2) is 16.5 Å². The summed E-state index contributed by atoms with van der Waals surface area (Å²) in [5, 5.41) is 3.25. The number of fused-ring (bicyclic) bond motifs is 2. The van der Waals surface area contributed by atoms with Gasteiger partial charge in [0, 0.05) is 12.1 Å². The number of para-hydroxylation sites is 2. The molecule has 0 saturated carbocycles. The Morgan fingerprint density at radius 3 is 2.86 bits per heavy atom. The van der Waals surface area contributed by atoms with Crippen molar-refractivity contribution in [3.8, 4) is 5.75 Å². The number of ether oxygens (including phenoxy) is 1. The Labute approximate surface area is 118 Å². The minimum Gasteiger partial charge on any atom is -0.478 e. The van der Waals surface area contributed by atoms with Crippen molar-refractivity contribution in [1.82, 2.24) is 9.97 Å². The van der Waals surface area contributed by atoms with Crippen molar-refractivity contribution >= 4 is 16.7 Å². The van der Waals surface area contributed by atoms with E-state index in [1.54, 1.807) is 0 Å². The summed E-state index contributed by atoms with van der Waals surface area (Å²) in [7, 11) is 0. The fourth-order valence-electron chi connectivity index (χ4n) is 2.44. The van der Waals surface area contributed by atoms with Gasteiger partial charge in [0.2, 0.25) is 0 Å². The smallest absolute Gasteiger partial charge is 0.173 e. The molecule has 1 aliphatic rings. The van der Waals surface area contributed by atoms with Crippen molar-refractivity contribution in [1.29, 1.82) is 0 Å². The van der Waals surface area contributed by atoms with Gasteiger partial charge in [-0.25, -0.2) is 13.8 Å². The van der Waals surface area contributed by atoms with Crippen LogP contribution in [0.15, 0.2) is 36.4 Å². The van der Waals surface area contributed by atoms with Crippen LogP contribution in [0, 0.1) is 11.6 Å². The van der Waals surface area contributed by atoms with Gasteiger partial charge in [-0.15, -0.1) is 0 Å². The third kappa shape index (κ3) is 1.99. The van der Waals surface area contributed by atoms with E-state index in [0.717, 1.165) is 23.6 Å². The van der Waals surface area contributed by atoms with E-state index in [2.05, 4.69) is 15.3 Å². The maximum atomic E-state index is 13.2. The van der Waals surface area contributed by atoms with E-state index in [4.69, 9.17) is 4.74 Å². The second kappa shape index (κ2) is 4.44. The van der Waals surface area contributed by atoms with Gasteiger partial charge in [-0.05, 0) is 12.1 Å². The van der Waals surface area contributed by atoms with Crippen LogP contribution in [0.2, 0.25) is 0 Å². The lowest BCUT2D eigenvalue weighted by atomic mass is 10.2. The van der Waals surface area contributed by atoms with Crippen LogP contribution >= 0.6 is 0 Å². The summed E-state index contributed by atoms with van der Waals surface area (Å²) in [5.74, 6) is -0.539. The summed E-state index contributed by atoms with van der Waals surface area (Å²) in [4.78, 5) is 7.27. The highest BCUT2D eigenvalue weighted by Gasteiger charge is 2.23. The first-order valence-corrected chi connectivity index (χ1v) is 6.55. The highest BCUT2D eigenvalue weighted by Crippen LogP contribution is 2.33. The molecule has 1 unspecified atom stereocenters. The van der Waals surface area contributed by atoms with Crippen LogP contribution < -0.4 is 10.1 Å². The molecule has 4 nitrogen and oxygen atoms in total. The number of hydrogen-bond donors (Lipinski definition) is 2. The van der Waals surface area contributed by atoms with E-state index in [0.29, 0.717) is 23.4 Å². The number of hydrogen-bond acceptors (Lipinski definition) is 3. The minimum atomic E-state index is -0.909. The first-order valence-electron chi connectivity index (χ1n) is 6.55. The third-order valence-corrected chi connectivity index (χ3v) is 3.48. The van der Waals surface area contributed by atoms with E-state index in [1.165, 1.54) is 0 Å². The summed E-state index contributed by atoms with van der Waals surface area (Å²) in [6.45, 7) is 0.530. The van der Waals surface area contributed by atoms with Crippen molar-refractivity contribution in [2.45, 2.75) is 6.10 Å². The van der Waals surface area contributed by atoms with E-state index >= 15 is 0 Å². The molecule has 2 N–H and O–H groups in total. The minimum absolute atomic E-state index is 0.335. The van der Waals surface area contributed by atoms with Crippen LogP contribution in [0.1, 0.15) is 11.9 Å². The average molecular weight is 287 g/mol. The molecule has 1 atom stereocenters. The molecule has 3 aromatic rings. The number of nitrogens with zero attached hydrogens (tertiary/aromatic N) is 1. The molecule has 2 aromatic carbocycles. The lowest BCUT2D eigenvalue weighted by molar-refractivity contribution is 0.202. The summed E-state index contributed by atoms with van der Waals surface area (Å²) < 4.78 is 32.3. The zero-order valence-electron chi connectivity index (χ0n) is 10.9. The Morgan fingerprint density at radius 1 is 1.14 bits per heavy atom. The maximum absolute atomic E-state index is 13.2. The number of nitrogens with one attached hydrogen (secondary N) is 2. The van der Waals surface area contributed by atoms with Crippen molar-refractivity contribution in [2.24, 2.45) is 0 Å². The SMILES string of the molecule is Fc1cc2nc(C3CNc4ccccc4O3)[nH]c2cc1F. The highest BCUT2D eigenvalue weighted by molar-refractivity contribution is 5.75. The number of rotatable bonds is 1. The topological polar surface area (TPSA) is 49.9 Å². The molecule has 0 saturated heterocycles. The van der Waals surface area contributed by atoms with Crippen molar-refractivity contribution in [2.75, 3.05) is 11.9 Å². The van der Waals surface area contributed by atoms with Gasteiger partial charge in [0.15, 0.2) is 17.7 Å². The first kappa shape index (κ1) is 12.1. The van der Waals surface area contributed by atoms with Crippen LogP contribution in [0.5, 0.6) is 5.75 Å². The molecule has 0 bridgehead atoms. The molecular formula is C15H11F2N3O. The zero-order chi connectivity index (χ0) is 14.4. The van der Waals surface area contributed by atoms with Crippen molar-refractivity contribution < 1.29 is 13.5 Å². The molecule has 0 amide bonds. The molecular weight excluding hydrogens is 276 g/mol. The van der Waals surface area contributed by atoms with E-state index < -0.39 is 11.6 Å². The molecule has 0 spiro atoms. The third-order valence-electron chi connectivity index (χ3n) is 3.48. The fraction of sp³-hybridized carbons (Fsp3) is 0.133. The number of H-pyrrole nitrogens is 1. The Bertz CT molecular complexity index is 792. The molecule has 0 radical (unpaired) electrons. The molecule has 0 aliphatic carbocycles. The van der Waals surface area contributed by atoms with Gasteiger partial charge >= 0.3 is 0 Å².